The van der Waals surface area contributed by atoms with Crippen molar-refractivity contribution in [2.75, 3.05) is 13.2 Å². The summed E-state index contributed by atoms with van der Waals surface area (Å²) in [6, 6.07) is 24.5. The highest BCUT2D eigenvalue weighted by atomic mass is 16.6. The Morgan fingerprint density at radius 2 is 1.17 bits per heavy atom. The van der Waals surface area contributed by atoms with Crippen molar-refractivity contribution in [3.8, 4) is 45.7 Å². The summed E-state index contributed by atoms with van der Waals surface area (Å²) in [6.45, 7) is 4.79. The van der Waals surface area contributed by atoms with Gasteiger partial charge >= 0.3 is 5.97 Å². The summed E-state index contributed by atoms with van der Waals surface area (Å²) in [5.41, 5.74) is 2.18. The van der Waals surface area contributed by atoms with E-state index in [2.05, 4.69) is 13.8 Å². The molecule has 0 aliphatic heterocycles. The third-order valence-corrected chi connectivity index (χ3v) is 8.15. The standard InChI is InChI=1S/C39H49N3O4/c1-3-5-7-9-10-14-24-32(23-13-8-6-4-2)39(44)46-28-27-45-33-25-26-34(35(43)29-33)38-41-36(30-19-15-11-16-20-30)40-37(42-38)31-21-17-12-18-22-31/h11-12,15-22,25-26,29,32,43H,3-10,13-14,23-24,27-28H2,1-2H3. The molecule has 1 N–H and O–H groups in total. The van der Waals surface area contributed by atoms with Gasteiger partial charge in [0.05, 0.1) is 11.5 Å². The van der Waals surface area contributed by atoms with E-state index < -0.39 is 0 Å². The molecule has 4 aromatic rings. The third-order valence-electron chi connectivity index (χ3n) is 8.15. The van der Waals surface area contributed by atoms with Gasteiger partial charge in [0.2, 0.25) is 0 Å². The zero-order chi connectivity index (χ0) is 32.4. The molecule has 1 aromatic heterocycles. The molecule has 7 nitrogen and oxygen atoms in total. The molecule has 0 aliphatic rings. The van der Waals surface area contributed by atoms with Gasteiger partial charge in [0.1, 0.15) is 24.7 Å². The molecule has 0 saturated heterocycles. The molecule has 0 amide bonds. The van der Waals surface area contributed by atoms with Gasteiger partial charge in [-0.15, -0.1) is 0 Å². The van der Waals surface area contributed by atoms with E-state index in [1.165, 1.54) is 44.9 Å². The Bertz CT molecular complexity index is 1410. The third kappa shape index (κ3) is 11.0. The van der Waals surface area contributed by atoms with Gasteiger partial charge in [-0.25, -0.2) is 15.0 Å². The Labute approximate surface area is 274 Å². The van der Waals surface area contributed by atoms with E-state index in [0.29, 0.717) is 28.8 Å². The fourth-order valence-electron chi connectivity index (χ4n) is 5.51. The van der Waals surface area contributed by atoms with Crippen LogP contribution in [0.1, 0.15) is 90.9 Å². The predicted octanol–water partition coefficient (Wildman–Crippen LogP) is 9.84. The molecule has 0 saturated carbocycles. The van der Waals surface area contributed by atoms with Gasteiger partial charge < -0.3 is 14.6 Å². The van der Waals surface area contributed by atoms with Gasteiger partial charge in [-0.05, 0) is 25.0 Å². The molecule has 0 aliphatic carbocycles. The minimum Gasteiger partial charge on any atom is -0.507 e. The lowest BCUT2D eigenvalue weighted by molar-refractivity contribution is -0.149. The molecule has 1 heterocycles. The molecule has 0 bridgehead atoms. The van der Waals surface area contributed by atoms with Crippen LogP contribution in [0, 0.1) is 5.92 Å². The second kappa shape index (κ2) is 19.3. The van der Waals surface area contributed by atoms with Crippen LogP contribution >= 0.6 is 0 Å². The number of aromatic nitrogens is 3. The predicted molar refractivity (Wildman–Crippen MR) is 184 cm³/mol. The maximum Gasteiger partial charge on any atom is 0.309 e. The monoisotopic (exact) mass is 623 g/mol. The van der Waals surface area contributed by atoms with Crippen LogP contribution < -0.4 is 4.74 Å². The fourth-order valence-corrected chi connectivity index (χ4v) is 5.51. The molecule has 1 unspecified atom stereocenters. The molecule has 0 fully saturated rings. The molecule has 244 valence electrons. The number of unbranched alkanes of at least 4 members (excludes halogenated alkanes) is 8. The highest BCUT2D eigenvalue weighted by Gasteiger charge is 2.20. The van der Waals surface area contributed by atoms with Crippen LogP contribution in [0.5, 0.6) is 11.5 Å². The van der Waals surface area contributed by atoms with Crippen molar-refractivity contribution in [1.82, 2.24) is 15.0 Å². The number of phenols is 1. The smallest absolute Gasteiger partial charge is 0.309 e. The number of rotatable bonds is 20. The van der Waals surface area contributed by atoms with Gasteiger partial charge in [0, 0.05) is 17.2 Å². The van der Waals surface area contributed by atoms with Crippen molar-refractivity contribution < 1.29 is 19.4 Å². The number of phenolic OH excluding ortho intramolecular Hbond substituents is 1. The van der Waals surface area contributed by atoms with Gasteiger partial charge in [-0.1, -0.05) is 139 Å². The number of carbonyl (C=O) groups is 1. The van der Waals surface area contributed by atoms with Crippen molar-refractivity contribution in [2.24, 2.45) is 5.92 Å². The van der Waals surface area contributed by atoms with Gasteiger partial charge in [-0.2, -0.15) is 0 Å². The van der Waals surface area contributed by atoms with Crippen LogP contribution in [0.15, 0.2) is 78.9 Å². The van der Waals surface area contributed by atoms with Crippen LogP contribution in [-0.4, -0.2) is 39.2 Å². The van der Waals surface area contributed by atoms with Crippen LogP contribution in [0.2, 0.25) is 0 Å². The highest BCUT2D eigenvalue weighted by molar-refractivity contribution is 5.72. The number of hydrogen-bond acceptors (Lipinski definition) is 7. The fraction of sp³-hybridized carbons (Fsp3) is 0.436. The SMILES string of the molecule is CCCCCCCCC(CCCCCC)C(=O)OCCOc1ccc(-c2nc(-c3ccccc3)nc(-c3ccccc3)n2)c(O)c1. The maximum absolute atomic E-state index is 13.0. The Balaban J connectivity index is 1.36. The largest absolute Gasteiger partial charge is 0.507 e. The summed E-state index contributed by atoms with van der Waals surface area (Å²) in [5, 5.41) is 11.0. The maximum atomic E-state index is 13.0. The molecule has 4 rings (SSSR count). The Morgan fingerprint density at radius 1 is 0.652 bits per heavy atom. The summed E-state index contributed by atoms with van der Waals surface area (Å²) in [6.07, 6.45) is 13.7. The lowest BCUT2D eigenvalue weighted by Crippen LogP contribution is -2.21. The molecule has 0 radical (unpaired) electrons. The van der Waals surface area contributed by atoms with Crippen molar-refractivity contribution in [3.05, 3.63) is 78.9 Å². The first kappa shape index (κ1) is 34.6. The average molecular weight is 624 g/mol. The Morgan fingerprint density at radius 3 is 1.74 bits per heavy atom. The lowest BCUT2D eigenvalue weighted by Gasteiger charge is -2.16. The van der Waals surface area contributed by atoms with Crippen molar-refractivity contribution in [3.63, 3.8) is 0 Å². The highest BCUT2D eigenvalue weighted by Crippen LogP contribution is 2.32. The zero-order valence-corrected chi connectivity index (χ0v) is 27.5. The minimum absolute atomic E-state index is 0.00945. The summed E-state index contributed by atoms with van der Waals surface area (Å²) in [7, 11) is 0. The number of nitrogens with zero attached hydrogens (tertiary/aromatic N) is 3. The summed E-state index contributed by atoms with van der Waals surface area (Å²) < 4.78 is 11.5. The molecule has 0 spiro atoms. The minimum atomic E-state index is -0.120. The number of esters is 1. The summed E-state index contributed by atoms with van der Waals surface area (Å²) in [5.74, 6) is 1.70. The van der Waals surface area contributed by atoms with Crippen molar-refractivity contribution >= 4 is 5.97 Å². The van der Waals surface area contributed by atoms with Gasteiger partial charge in [-0.3, -0.25) is 4.79 Å². The average Bonchev–Trinajstić information content (AvgIpc) is 3.09. The topological polar surface area (TPSA) is 94.4 Å². The second-order valence-electron chi connectivity index (χ2n) is 11.8. The quantitative estimate of drug-likeness (QED) is 0.0773. The Kier molecular flexibility index (Phi) is 14.5. The number of carbonyl (C=O) groups excluding carboxylic acids is 1. The zero-order valence-electron chi connectivity index (χ0n) is 27.5. The van der Waals surface area contributed by atoms with E-state index in [1.807, 2.05) is 60.7 Å². The molecule has 3 aromatic carbocycles. The van der Waals surface area contributed by atoms with E-state index in [1.54, 1.807) is 18.2 Å². The number of benzene rings is 3. The van der Waals surface area contributed by atoms with Crippen LogP contribution in [-0.2, 0) is 9.53 Å². The summed E-state index contributed by atoms with van der Waals surface area (Å²) >= 11 is 0. The molecular formula is C39H49N3O4. The van der Waals surface area contributed by atoms with E-state index in [9.17, 15) is 9.90 Å². The molecule has 7 heteroatoms. The summed E-state index contributed by atoms with van der Waals surface area (Å²) in [4.78, 5) is 27.1. The lowest BCUT2D eigenvalue weighted by atomic mass is 9.94. The van der Waals surface area contributed by atoms with Gasteiger partial charge in [0.25, 0.3) is 0 Å². The van der Waals surface area contributed by atoms with E-state index >= 15 is 0 Å². The van der Waals surface area contributed by atoms with E-state index in [0.717, 1.165) is 43.2 Å². The number of aromatic hydroxyl groups is 1. The second-order valence-corrected chi connectivity index (χ2v) is 11.8. The van der Waals surface area contributed by atoms with Crippen LogP contribution in [0.25, 0.3) is 34.2 Å². The normalized spacial score (nSPS) is 11.7. The first-order chi connectivity index (χ1) is 22.6. The van der Waals surface area contributed by atoms with Crippen molar-refractivity contribution in [1.29, 1.82) is 0 Å². The number of ether oxygens (including phenoxy) is 2. The van der Waals surface area contributed by atoms with Crippen LogP contribution in [0.4, 0.5) is 0 Å². The Hall–Kier alpha value is -4.26. The van der Waals surface area contributed by atoms with E-state index in [-0.39, 0.29) is 30.9 Å². The first-order valence-corrected chi connectivity index (χ1v) is 17.1. The van der Waals surface area contributed by atoms with Crippen molar-refractivity contribution in [2.45, 2.75) is 90.9 Å². The molecular weight excluding hydrogens is 574 g/mol. The number of hydrogen-bond donors (Lipinski definition) is 1. The first-order valence-electron chi connectivity index (χ1n) is 17.1. The van der Waals surface area contributed by atoms with E-state index in [4.69, 9.17) is 24.4 Å². The molecule has 46 heavy (non-hydrogen) atoms. The van der Waals surface area contributed by atoms with Crippen LogP contribution in [0.3, 0.4) is 0 Å². The molecule has 1 atom stereocenters. The van der Waals surface area contributed by atoms with Gasteiger partial charge in [0.15, 0.2) is 17.5 Å².